The molecule has 0 spiro atoms. The molecule has 21 heavy (non-hydrogen) atoms. The number of ether oxygens (including phenoxy) is 1. The topological polar surface area (TPSA) is 45.3 Å². The van der Waals surface area contributed by atoms with E-state index in [2.05, 4.69) is 4.98 Å². The van der Waals surface area contributed by atoms with Gasteiger partial charge in [-0.1, -0.05) is 18.2 Å². The molecule has 4 rings (SSSR count). The minimum atomic E-state index is -4.21. The molecule has 3 heterocycles. The largest absolute Gasteiger partial charge is 0.459 e. The molecule has 110 valence electrons. The molecule has 3 atom stereocenters. The van der Waals surface area contributed by atoms with Crippen molar-refractivity contribution < 1.29 is 34.2 Å². The van der Waals surface area contributed by atoms with E-state index in [1.54, 1.807) is 0 Å². The van der Waals surface area contributed by atoms with Crippen LogP contribution in [-0.2, 0) is 4.74 Å². The van der Waals surface area contributed by atoms with Crippen LogP contribution in [0.15, 0.2) is 30.4 Å². The molecule has 4 heteroatoms. The molecule has 1 unspecified atom stereocenters. The molecule has 1 N–H and O–H groups in total. The first-order valence-corrected chi connectivity index (χ1v) is 5.86. The summed E-state index contributed by atoms with van der Waals surface area (Å²) in [5, 5.41) is -0.495. The van der Waals surface area contributed by atoms with Gasteiger partial charge in [0, 0.05) is 59.7 Å². The Morgan fingerprint density at radius 3 is 3.10 bits per heavy atom. The van der Waals surface area contributed by atoms with Crippen molar-refractivity contribution in [3.63, 3.8) is 0 Å². The number of aromatic amines is 1. The van der Waals surface area contributed by atoms with E-state index < -0.39 is 96.7 Å². The van der Waals surface area contributed by atoms with Gasteiger partial charge in [-0.15, -0.1) is 0 Å². The summed E-state index contributed by atoms with van der Waals surface area (Å²) in [6, 6.07) is -8.88. The van der Waals surface area contributed by atoms with Gasteiger partial charge in [-0.05, 0) is 25.8 Å². The smallest absolute Gasteiger partial charge is 0.340 e. The van der Waals surface area contributed by atoms with Gasteiger partial charge in [-0.25, -0.2) is 4.79 Å². The van der Waals surface area contributed by atoms with Crippen molar-refractivity contribution in [2.75, 3.05) is 6.98 Å². The molecule has 0 aliphatic carbocycles. The zero-order valence-corrected chi connectivity index (χ0v) is 10.3. The molecule has 0 radical (unpaired) electrons. The number of nitrogens with zero attached hydrogens (tertiary/aromatic N) is 1. The van der Waals surface area contributed by atoms with Crippen molar-refractivity contribution in [2.45, 2.75) is 43.6 Å². The first kappa shape index (κ1) is 3.93. The van der Waals surface area contributed by atoms with E-state index in [9.17, 15) is 4.79 Å². The molecule has 1 aromatic heterocycles. The lowest BCUT2D eigenvalue weighted by Crippen LogP contribution is -2.43. The number of para-hydroxylation sites is 1. The van der Waals surface area contributed by atoms with Crippen molar-refractivity contribution in [1.82, 2.24) is 9.88 Å². The van der Waals surface area contributed by atoms with Crippen LogP contribution >= 0.6 is 0 Å². The summed E-state index contributed by atoms with van der Waals surface area (Å²) in [6.07, 6.45) is -21.4. The maximum Gasteiger partial charge on any atom is 0.340 e. The number of H-pyrrole nitrogens is 1. The Kier molecular flexibility index (Phi) is 0.913. The molecule has 0 saturated carbocycles. The fourth-order valence-corrected chi connectivity index (χ4v) is 1.94. The summed E-state index contributed by atoms with van der Waals surface area (Å²) in [5.74, 6) is -1.89. The third-order valence-corrected chi connectivity index (χ3v) is 2.91. The van der Waals surface area contributed by atoms with Crippen molar-refractivity contribution >= 4 is 16.9 Å². The number of fused-ring (bicyclic) bond motifs is 3. The van der Waals surface area contributed by atoms with Crippen molar-refractivity contribution in [3.8, 4) is 0 Å². The summed E-state index contributed by atoms with van der Waals surface area (Å²) in [4.78, 5) is 15.0. The highest BCUT2D eigenvalue weighted by molar-refractivity contribution is 6.04. The summed E-state index contributed by atoms with van der Waals surface area (Å²) >= 11 is 0. The van der Waals surface area contributed by atoms with Crippen LogP contribution in [0.3, 0.4) is 0 Å². The minimum Gasteiger partial charge on any atom is -0.459 e. The van der Waals surface area contributed by atoms with Gasteiger partial charge < -0.3 is 14.6 Å². The van der Waals surface area contributed by atoms with E-state index in [1.807, 2.05) is 0 Å². The summed E-state index contributed by atoms with van der Waals surface area (Å²) in [7, 11) is 0. The fraction of sp³-hybridized carbons (Fsp3) is 0.471. The Morgan fingerprint density at radius 1 is 1.52 bits per heavy atom. The predicted molar refractivity (Wildman–Crippen MR) is 81.3 cm³/mol. The van der Waals surface area contributed by atoms with Crippen LogP contribution in [0.1, 0.15) is 60.5 Å². The fourth-order valence-electron chi connectivity index (χ4n) is 1.94. The van der Waals surface area contributed by atoms with Crippen molar-refractivity contribution in [1.29, 1.82) is 0 Å². The second kappa shape index (κ2) is 4.88. The third kappa shape index (κ3) is 2.14. The number of esters is 1. The summed E-state index contributed by atoms with van der Waals surface area (Å²) < 4.78 is 153. The maximum atomic E-state index is 13.3. The number of aromatic nitrogens is 1. The van der Waals surface area contributed by atoms with Crippen LogP contribution in [0, 0.1) is 0 Å². The summed E-state index contributed by atoms with van der Waals surface area (Å²) in [6.45, 7) is -3.85. The number of hydrogen-bond donors (Lipinski definition) is 1. The molecule has 2 bridgehead atoms. The number of carbonyl (C=O) groups excluding carboxylic acids is 1. The van der Waals surface area contributed by atoms with Gasteiger partial charge >= 0.3 is 5.97 Å². The first-order valence-electron chi connectivity index (χ1n) is 14.9. The van der Waals surface area contributed by atoms with Crippen molar-refractivity contribution in [3.05, 3.63) is 35.9 Å². The molecule has 2 aromatic rings. The SMILES string of the molecule is [2H]c1cc([2H])c2c(C(=O)OC3([2H])C([2H])([2H])[C@]4([2H])N(C([2H])([2H])[2H])[C@]([2H])(C3([2H])[2H])C([2H])([2H])C4([2H])[2H])c([2H])[nH]c2c1[2H]. The molecule has 2 aliphatic rings. The van der Waals surface area contributed by atoms with Crippen LogP contribution in [0.2, 0.25) is 0 Å². The number of carbonyl (C=O) groups is 1. The Labute approximate surface area is 149 Å². The molecule has 1 aromatic carbocycles. The second-order valence-electron chi connectivity index (χ2n) is 4.18. The molecular formula is C17H20N2O2. The quantitative estimate of drug-likeness (QED) is 0.868. The first-order chi connectivity index (χ1) is 17.2. The van der Waals surface area contributed by atoms with E-state index in [1.165, 1.54) is 0 Å². The Morgan fingerprint density at radius 2 is 2.33 bits per heavy atom. The Hall–Kier alpha value is -1.81. The maximum absolute atomic E-state index is 13.3. The van der Waals surface area contributed by atoms with Gasteiger partial charge in [0.15, 0.2) is 0 Å². The average Bonchev–Trinajstić information content (AvgIpc) is 3.16. The lowest BCUT2D eigenvalue weighted by atomic mass is 10.0. The molecule has 0 amide bonds. The van der Waals surface area contributed by atoms with Crippen LogP contribution in [0.4, 0.5) is 0 Å². The number of piperidine rings is 1. The Bertz CT molecular complexity index is 1370. The number of hydrogen-bond acceptors (Lipinski definition) is 3. The number of benzene rings is 1. The van der Waals surface area contributed by atoms with E-state index in [0.29, 0.717) is 0 Å². The van der Waals surface area contributed by atoms with Gasteiger partial charge in [0.2, 0.25) is 0 Å². The van der Waals surface area contributed by atoms with Gasteiger partial charge in [0.25, 0.3) is 0 Å². The van der Waals surface area contributed by atoms with Crippen molar-refractivity contribution in [2.24, 2.45) is 0 Å². The van der Waals surface area contributed by atoms with Crippen LogP contribution in [0.5, 0.6) is 0 Å². The average molecular weight is 302 g/mol. The highest BCUT2D eigenvalue weighted by Gasteiger charge is 2.40. The standard InChI is InChI=1S/C17H20N2O2/c1-19-11-6-7-12(19)9-13(8-11)21-17(20)15-10-18-16-5-3-2-4-14(15)16/h2-5,10-13,18H,6-9H2,1H3/t11-,12+,13?/i1D3,3D,4D,5D,6D2,7D2,8D2,9D2,10D,11D,12D,13D. The van der Waals surface area contributed by atoms with E-state index in [4.69, 9.17) is 29.4 Å². The van der Waals surface area contributed by atoms with Crippen LogP contribution in [0.25, 0.3) is 10.9 Å². The number of nitrogens with one attached hydrogen (secondary N) is 1. The molecule has 2 aliphatic heterocycles. The van der Waals surface area contributed by atoms with Gasteiger partial charge in [-0.2, -0.15) is 0 Å². The van der Waals surface area contributed by atoms with E-state index >= 15 is 0 Å². The van der Waals surface area contributed by atoms with Gasteiger partial charge in [0.1, 0.15) is 6.08 Å². The summed E-state index contributed by atoms with van der Waals surface area (Å²) in [5.41, 5.74) is -1.29. The number of rotatable bonds is 2. The predicted octanol–water partition coefficient (Wildman–Crippen LogP) is 2.95. The van der Waals surface area contributed by atoms with E-state index in [-0.39, 0.29) is 5.52 Å². The highest BCUT2D eigenvalue weighted by Crippen LogP contribution is 2.35. The van der Waals surface area contributed by atoms with Gasteiger partial charge in [-0.3, -0.25) is 0 Å². The van der Waals surface area contributed by atoms with Gasteiger partial charge in [0.05, 0.1) is 12.4 Å². The zero-order valence-electron chi connectivity index (χ0n) is 28.3. The lowest BCUT2D eigenvalue weighted by Gasteiger charge is -2.35. The Balaban J connectivity index is 2.02. The van der Waals surface area contributed by atoms with Crippen LogP contribution < -0.4 is 0 Å². The zero-order chi connectivity index (χ0) is 30.3. The normalized spacial score (nSPS) is 62.1. The molecular weight excluding hydrogens is 264 g/mol. The molecule has 2 fully saturated rings. The molecule has 2 saturated heterocycles. The third-order valence-electron chi connectivity index (χ3n) is 2.91. The van der Waals surface area contributed by atoms with Crippen LogP contribution in [-0.4, -0.2) is 40.9 Å². The lowest BCUT2D eigenvalue weighted by molar-refractivity contribution is -0.000258. The van der Waals surface area contributed by atoms with E-state index in [0.717, 1.165) is 6.07 Å². The second-order valence-corrected chi connectivity index (χ2v) is 4.18. The monoisotopic (exact) mass is 302 g/mol. The highest BCUT2D eigenvalue weighted by atomic mass is 16.5. The molecule has 4 nitrogen and oxygen atoms in total. The minimum absolute atomic E-state index is 0.367.